The number of hydrogen-bond acceptors (Lipinski definition) is 5. The highest BCUT2D eigenvalue weighted by Crippen LogP contribution is 2.29. The number of fused-ring (bicyclic) bond motifs is 1. The van der Waals surface area contributed by atoms with Crippen molar-refractivity contribution in [1.82, 2.24) is 15.0 Å². The number of ether oxygens (including phenoxy) is 2. The van der Waals surface area contributed by atoms with Gasteiger partial charge >= 0.3 is 0 Å². The molecule has 3 aromatic rings. The number of benzene rings is 1. The number of rotatable bonds is 5. The Kier molecular flexibility index (Phi) is 6.61. The number of nitrogens with zero attached hydrogens (tertiary/aromatic N) is 3. The summed E-state index contributed by atoms with van der Waals surface area (Å²) < 4.78 is 11.7. The maximum Gasteiger partial charge on any atom is 0.178 e. The van der Waals surface area contributed by atoms with Crippen molar-refractivity contribution in [1.29, 1.82) is 5.26 Å². The number of nitrogens with one attached hydrogen (secondary N) is 1. The molecule has 0 amide bonds. The van der Waals surface area contributed by atoms with Gasteiger partial charge in [-0.25, -0.2) is 9.97 Å². The van der Waals surface area contributed by atoms with E-state index in [4.69, 9.17) is 9.47 Å². The summed E-state index contributed by atoms with van der Waals surface area (Å²) in [6, 6.07) is 9.55. The fraction of sp³-hybridized carbons (Fsp3) is 0.167. The van der Waals surface area contributed by atoms with Crippen molar-refractivity contribution in [3.63, 3.8) is 0 Å². The largest absolute Gasteiger partial charge is 0.493 e. The fourth-order valence-corrected chi connectivity index (χ4v) is 2.70. The molecule has 0 unspecified atom stereocenters. The second-order valence-electron chi connectivity index (χ2n) is 5.12. The Morgan fingerprint density at radius 3 is 2.85 bits per heavy atom. The van der Waals surface area contributed by atoms with Gasteiger partial charge in [-0.1, -0.05) is 6.07 Å². The Labute approximate surface area is 165 Å². The smallest absolute Gasteiger partial charge is 0.178 e. The summed E-state index contributed by atoms with van der Waals surface area (Å²) in [6.45, 7) is 2.46. The van der Waals surface area contributed by atoms with Crippen LogP contribution in [0.3, 0.4) is 0 Å². The lowest BCUT2D eigenvalue weighted by Gasteiger charge is -2.09. The number of methoxy groups -OCH3 is 1. The van der Waals surface area contributed by atoms with E-state index in [9.17, 15) is 5.26 Å². The minimum absolute atomic E-state index is 0. The van der Waals surface area contributed by atoms with E-state index in [1.165, 1.54) is 0 Å². The molecule has 0 atom stereocenters. The van der Waals surface area contributed by atoms with Gasteiger partial charge < -0.3 is 14.5 Å². The van der Waals surface area contributed by atoms with Gasteiger partial charge in [-0.3, -0.25) is 0 Å². The molecule has 0 saturated heterocycles. The Hall–Kier alpha value is -2.56. The summed E-state index contributed by atoms with van der Waals surface area (Å²) in [6.07, 6.45) is 3.41. The molecular weight excluding hydrogens is 420 g/mol. The molecule has 8 heteroatoms. The maximum atomic E-state index is 9.52. The number of allylic oxidation sites excluding steroid dienone is 1. The van der Waals surface area contributed by atoms with Gasteiger partial charge in [-0.05, 0) is 52.7 Å². The summed E-state index contributed by atoms with van der Waals surface area (Å²) in [4.78, 5) is 11.7. The molecule has 0 radical (unpaired) electrons. The van der Waals surface area contributed by atoms with Crippen LogP contribution in [0.4, 0.5) is 0 Å². The van der Waals surface area contributed by atoms with Gasteiger partial charge in [-0.2, -0.15) is 5.26 Å². The summed E-state index contributed by atoms with van der Waals surface area (Å²) >= 11 is 3.37. The highest BCUT2D eigenvalue weighted by Gasteiger charge is 2.10. The zero-order valence-corrected chi connectivity index (χ0v) is 16.5. The molecule has 0 aliphatic carbocycles. The highest BCUT2D eigenvalue weighted by molar-refractivity contribution is 9.10. The maximum absolute atomic E-state index is 9.52. The van der Waals surface area contributed by atoms with E-state index in [0.717, 1.165) is 15.6 Å². The number of aromatic nitrogens is 3. The van der Waals surface area contributed by atoms with Crippen LogP contribution in [0.2, 0.25) is 0 Å². The van der Waals surface area contributed by atoms with Crippen molar-refractivity contribution in [3.8, 4) is 17.6 Å². The number of hydrogen-bond donors (Lipinski definition) is 1. The Morgan fingerprint density at radius 2 is 2.15 bits per heavy atom. The monoisotopic (exact) mass is 434 g/mol. The summed E-state index contributed by atoms with van der Waals surface area (Å²) in [5.74, 6) is 1.75. The van der Waals surface area contributed by atoms with Crippen LogP contribution < -0.4 is 9.47 Å². The molecule has 6 nitrogen and oxygen atoms in total. The average molecular weight is 436 g/mol. The van der Waals surface area contributed by atoms with Crippen LogP contribution in [0.15, 0.2) is 34.9 Å². The van der Waals surface area contributed by atoms with Gasteiger partial charge in [0.1, 0.15) is 6.07 Å². The van der Waals surface area contributed by atoms with Gasteiger partial charge in [-0.15, -0.1) is 12.4 Å². The molecule has 0 bridgehead atoms. The zero-order valence-electron chi connectivity index (χ0n) is 14.1. The molecule has 1 aromatic carbocycles. The van der Waals surface area contributed by atoms with Crippen molar-refractivity contribution >= 4 is 51.1 Å². The Balaban J connectivity index is 0.00000243. The first kappa shape index (κ1) is 19.8. The average Bonchev–Trinajstić information content (AvgIpc) is 3.03. The lowest BCUT2D eigenvalue weighted by atomic mass is 10.1. The lowest BCUT2D eigenvalue weighted by Crippen LogP contribution is -1.95. The zero-order chi connectivity index (χ0) is 17.8. The molecule has 0 aliphatic heterocycles. The molecule has 0 saturated carbocycles. The molecule has 3 rings (SSSR count). The summed E-state index contributed by atoms with van der Waals surface area (Å²) in [5, 5.41) is 9.52. The number of aromatic amines is 1. The number of pyridine rings is 1. The number of nitriles is 1. The van der Waals surface area contributed by atoms with Crippen molar-refractivity contribution in [2.45, 2.75) is 6.92 Å². The molecule has 0 aliphatic rings. The normalized spacial score (nSPS) is 10.9. The molecule has 2 aromatic heterocycles. The lowest BCUT2D eigenvalue weighted by molar-refractivity contribution is 0.311. The summed E-state index contributed by atoms with van der Waals surface area (Å²) in [5.41, 5.74) is 2.53. The Bertz CT molecular complexity index is 995. The minimum atomic E-state index is 0. The van der Waals surface area contributed by atoms with Gasteiger partial charge in [0.15, 0.2) is 23.0 Å². The van der Waals surface area contributed by atoms with E-state index >= 15 is 0 Å². The van der Waals surface area contributed by atoms with Crippen LogP contribution in [0.1, 0.15) is 18.3 Å². The van der Waals surface area contributed by atoms with Gasteiger partial charge in [0, 0.05) is 10.7 Å². The molecule has 26 heavy (non-hydrogen) atoms. The molecule has 2 heterocycles. The topological polar surface area (TPSA) is 83.8 Å². The quantitative estimate of drug-likeness (QED) is 0.591. The third kappa shape index (κ3) is 4.15. The first-order valence-electron chi connectivity index (χ1n) is 7.59. The van der Waals surface area contributed by atoms with Crippen molar-refractivity contribution < 1.29 is 9.47 Å². The second-order valence-corrected chi connectivity index (χ2v) is 6.04. The molecule has 0 fully saturated rings. The van der Waals surface area contributed by atoms with Crippen molar-refractivity contribution in [2.75, 3.05) is 13.7 Å². The van der Waals surface area contributed by atoms with Crippen LogP contribution in [-0.4, -0.2) is 28.7 Å². The van der Waals surface area contributed by atoms with E-state index in [1.54, 1.807) is 19.4 Å². The first-order valence-corrected chi connectivity index (χ1v) is 8.38. The van der Waals surface area contributed by atoms with E-state index in [0.29, 0.717) is 35.2 Å². The van der Waals surface area contributed by atoms with E-state index in [2.05, 4.69) is 37.0 Å². The van der Waals surface area contributed by atoms with Gasteiger partial charge in [0.2, 0.25) is 0 Å². The van der Waals surface area contributed by atoms with Crippen LogP contribution in [0, 0.1) is 11.3 Å². The molecular formula is C18H16BrClN4O2. The van der Waals surface area contributed by atoms with Crippen molar-refractivity contribution in [3.05, 3.63) is 46.3 Å². The number of H-pyrrole nitrogens is 1. The molecule has 134 valence electrons. The predicted octanol–water partition coefficient (Wildman–Crippen LogP) is 4.61. The molecule has 1 N–H and O–H groups in total. The van der Waals surface area contributed by atoms with Gasteiger partial charge in [0.25, 0.3) is 0 Å². The Morgan fingerprint density at radius 1 is 1.35 bits per heavy atom. The van der Waals surface area contributed by atoms with Crippen molar-refractivity contribution in [2.24, 2.45) is 0 Å². The van der Waals surface area contributed by atoms with E-state index < -0.39 is 0 Å². The van der Waals surface area contributed by atoms with Crippen LogP contribution in [0.5, 0.6) is 11.5 Å². The minimum Gasteiger partial charge on any atom is -0.493 e. The standard InChI is InChI=1S/C18H15BrN4O2.ClH/c1-3-25-15-5-4-11(7-16(15)24-2)6-12(9-20)17-22-14-8-13(19)10-21-18(14)23-17;/h4-8,10H,3H2,1-2H3,(H,21,22,23);1H. The predicted molar refractivity (Wildman–Crippen MR) is 106 cm³/mol. The van der Waals surface area contributed by atoms with Gasteiger partial charge in [0.05, 0.1) is 24.8 Å². The molecule has 0 spiro atoms. The third-order valence-corrected chi connectivity index (χ3v) is 3.91. The highest BCUT2D eigenvalue weighted by atomic mass is 79.9. The summed E-state index contributed by atoms with van der Waals surface area (Å²) in [7, 11) is 1.58. The second kappa shape index (κ2) is 8.70. The first-order chi connectivity index (χ1) is 12.1. The SMILES string of the molecule is CCOc1ccc(C=C(C#N)c2nc3ncc(Br)cc3[nH]2)cc1OC.Cl. The fourth-order valence-electron chi connectivity index (χ4n) is 2.37. The van der Waals surface area contributed by atoms with Crippen LogP contribution >= 0.6 is 28.3 Å². The number of halogens is 2. The van der Waals surface area contributed by atoms with E-state index in [-0.39, 0.29) is 12.4 Å². The third-order valence-electron chi connectivity index (χ3n) is 3.48. The van der Waals surface area contributed by atoms with E-state index in [1.807, 2.05) is 31.2 Å². The van der Waals surface area contributed by atoms with Crippen LogP contribution in [0.25, 0.3) is 22.8 Å². The number of imidazole rings is 1. The van der Waals surface area contributed by atoms with Crippen LogP contribution in [-0.2, 0) is 0 Å².